The summed E-state index contributed by atoms with van der Waals surface area (Å²) in [5, 5.41) is 4.31. The third-order valence-corrected chi connectivity index (χ3v) is 2.70. The zero-order chi connectivity index (χ0) is 13.1. The number of guanidine groups is 1. The van der Waals surface area contributed by atoms with Crippen molar-refractivity contribution in [2.24, 2.45) is 4.99 Å². The molecule has 0 amide bonds. The number of fused-ring (bicyclic) bond motifs is 1. The second kappa shape index (κ2) is 5.08. The number of aromatic nitrogens is 2. The highest BCUT2D eigenvalue weighted by Gasteiger charge is 2.06. The normalized spacial score (nSPS) is 10.4. The number of pyridine rings is 1. The van der Waals surface area contributed by atoms with Gasteiger partial charge in [-0.1, -0.05) is 6.07 Å². The van der Waals surface area contributed by atoms with E-state index in [0.29, 0.717) is 6.54 Å². The Balaban J connectivity index is 2.26. The van der Waals surface area contributed by atoms with Gasteiger partial charge in [0.1, 0.15) is 0 Å². The van der Waals surface area contributed by atoms with Crippen LogP contribution in [0, 0.1) is 0 Å². The Kier molecular flexibility index (Phi) is 3.50. The minimum absolute atomic E-state index is 0.638. The predicted molar refractivity (Wildman–Crippen MR) is 73.7 cm³/mol. The van der Waals surface area contributed by atoms with Crippen molar-refractivity contribution >= 4 is 11.5 Å². The first kappa shape index (κ1) is 12.4. The number of nitrogens with zero attached hydrogens (tertiary/aromatic N) is 5. The van der Waals surface area contributed by atoms with Gasteiger partial charge >= 0.3 is 0 Å². The molecule has 0 aromatic carbocycles. The molecule has 5 heteroatoms. The van der Waals surface area contributed by atoms with E-state index in [2.05, 4.69) is 16.2 Å². The van der Waals surface area contributed by atoms with Crippen LogP contribution >= 0.6 is 0 Å². The van der Waals surface area contributed by atoms with Crippen LogP contribution in [0.5, 0.6) is 0 Å². The maximum atomic E-state index is 4.63. The van der Waals surface area contributed by atoms with E-state index in [9.17, 15) is 0 Å². The molecule has 0 aliphatic rings. The molecule has 0 bridgehead atoms. The molecule has 96 valence electrons. The van der Waals surface area contributed by atoms with Crippen molar-refractivity contribution in [3.63, 3.8) is 0 Å². The SMILES string of the molecule is CN(C)C(=NCc1cnn2ccccc12)N(C)C. The van der Waals surface area contributed by atoms with Crippen LogP contribution in [0.25, 0.3) is 5.52 Å². The van der Waals surface area contributed by atoms with Crippen molar-refractivity contribution in [2.45, 2.75) is 6.54 Å². The first-order chi connectivity index (χ1) is 8.59. The maximum absolute atomic E-state index is 4.63. The van der Waals surface area contributed by atoms with Crippen molar-refractivity contribution in [1.29, 1.82) is 0 Å². The summed E-state index contributed by atoms with van der Waals surface area (Å²) in [6.07, 6.45) is 3.82. The van der Waals surface area contributed by atoms with Gasteiger partial charge in [-0.05, 0) is 12.1 Å². The smallest absolute Gasteiger partial charge is 0.195 e. The fraction of sp³-hybridized carbons (Fsp3) is 0.385. The van der Waals surface area contributed by atoms with Crippen molar-refractivity contribution in [3.8, 4) is 0 Å². The van der Waals surface area contributed by atoms with Gasteiger partial charge in [-0.2, -0.15) is 5.10 Å². The highest BCUT2D eigenvalue weighted by Crippen LogP contribution is 2.11. The maximum Gasteiger partial charge on any atom is 0.195 e. The lowest BCUT2D eigenvalue weighted by Gasteiger charge is -2.22. The summed E-state index contributed by atoms with van der Waals surface area (Å²) in [5.41, 5.74) is 2.25. The van der Waals surface area contributed by atoms with E-state index in [1.807, 2.05) is 67.0 Å². The van der Waals surface area contributed by atoms with Crippen LogP contribution in [-0.2, 0) is 6.54 Å². The third kappa shape index (κ3) is 2.45. The molecule has 2 rings (SSSR count). The minimum atomic E-state index is 0.638. The second-order valence-electron chi connectivity index (χ2n) is 4.61. The van der Waals surface area contributed by atoms with Gasteiger partial charge in [-0.15, -0.1) is 0 Å². The van der Waals surface area contributed by atoms with E-state index >= 15 is 0 Å². The highest BCUT2D eigenvalue weighted by molar-refractivity contribution is 5.79. The van der Waals surface area contributed by atoms with Gasteiger partial charge in [0.2, 0.25) is 0 Å². The van der Waals surface area contributed by atoms with Crippen molar-refractivity contribution in [2.75, 3.05) is 28.2 Å². The third-order valence-electron chi connectivity index (χ3n) is 2.70. The molecule has 2 aromatic rings. The molecule has 5 nitrogen and oxygen atoms in total. The van der Waals surface area contributed by atoms with Gasteiger partial charge in [-0.25, -0.2) is 9.51 Å². The number of aliphatic imine (C=N–C) groups is 1. The lowest BCUT2D eigenvalue weighted by molar-refractivity contribution is 0.479. The van der Waals surface area contributed by atoms with Crippen LogP contribution in [-0.4, -0.2) is 53.6 Å². The van der Waals surface area contributed by atoms with Crippen molar-refractivity contribution in [3.05, 3.63) is 36.2 Å². The Morgan fingerprint density at radius 2 is 1.94 bits per heavy atom. The summed E-state index contributed by atoms with van der Waals surface area (Å²) >= 11 is 0. The first-order valence-corrected chi connectivity index (χ1v) is 5.90. The molecular formula is C13H19N5. The van der Waals surface area contributed by atoms with Crippen LogP contribution in [0.2, 0.25) is 0 Å². The Morgan fingerprint density at radius 3 is 2.61 bits per heavy atom. The molecule has 0 saturated carbocycles. The van der Waals surface area contributed by atoms with E-state index in [1.54, 1.807) is 0 Å². The molecule has 2 aromatic heterocycles. The zero-order valence-corrected chi connectivity index (χ0v) is 11.3. The van der Waals surface area contributed by atoms with Gasteiger partial charge in [0.25, 0.3) is 0 Å². The second-order valence-corrected chi connectivity index (χ2v) is 4.61. The molecule has 0 saturated heterocycles. The first-order valence-electron chi connectivity index (χ1n) is 5.90. The molecule has 2 heterocycles. The molecule has 0 atom stereocenters. The number of hydrogen-bond acceptors (Lipinski definition) is 2. The van der Waals surface area contributed by atoms with Gasteiger partial charge in [0.05, 0.1) is 18.3 Å². The molecule has 0 radical (unpaired) electrons. The van der Waals surface area contributed by atoms with Crippen molar-refractivity contribution in [1.82, 2.24) is 19.4 Å². The standard InChI is InChI=1S/C13H19N5/c1-16(2)13(17(3)4)14-9-11-10-15-18-8-6-5-7-12(11)18/h5-8,10H,9H2,1-4H3. The van der Waals surface area contributed by atoms with Crippen LogP contribution in [0.15, 0.2) is 35.6 Å². The number of hydrogen-bond donors (Lipinski definition) is 0. The van der Waals surface area contributed by atoms with E-state index < -0.39 is 0 Å². The molecule has 0 unspecified atom stereocenters. The van der Waals surface area contributed by atoms with E-state index in [4.69, 9.17) is 0 Å². The summed E-state index contributed by atoms with van der Waals surface area (Å²) in [7, 11) is 7.98. The Bertz CT molecular complexity index is 543. The van der Waals surface area contributed by atoms with Crippen LogP contribution in [0.1, 0.15) is 5.56 Å². The quantitative estimate of drug-likeness (QED) is 0.591. The van der Waals surface area contributed by atoms with E-state index in [-0.39, 0.29) is 0 Å². The van der Waals surface area contributed by atoms with Gasteiger partial charge in [0.15, 0.2) is 5.96 Å². The summed E-state index contributed by atoms with van der Waals surface area (Å²) in [6, 6.07) is 6.05. The average Bonchev–Trinajstić information content (AvgIpc) is 2.72. The summed E-state index contributed by atoms with van der Waals surface area (Å²) in [4.78, 5) is 8.64. The Labute approximate surface area is 107 Å². The fourth-order valence-corrected chi connectivity index (χ4v) is 1.95. The van der Waals surface area contributed by atoms with Crippen LogP contribution in [0.4, 0.5) is 0 Å². The molecule has 0 aliphatic heterocycles. The van der Waals surface area contributed by atoms with Crippen LogP contribution < -0.4 is 0 Å². The van der Waals surface area contributed by atoms with E-state index in [1.165, 1.54) is 0 Å². The largest absolute Gasteiger partial charge is 0.349 e. The average molecular weight is 245 g/mol. The van der Waals surface area contributed by atoms with Gasteiger partial charge in [0, 0.05) is 40.0 Å². The summed E-state index contributed by atoms with van der Waals surface area (Å²) in [5.74, 6) is 0.949. The van der Waals surface area contributed by atoms with Gasteiger partial charge < -0.3 is 9.80 Å². The van der Waals surface area contributed by atoms with Crippen LogP contribution in [0.3, 0.4) is 0 Å². The molecule has 0 fully saturated rings. The summed E-state index contributed by atoms with van der Waals surface area (Å²) in [6.45, 7) is 0.638. The number of rotatable bonds is 2. The predicted octanol–water partition coefficient (Wildman–Crippen LogP) is 1.31. The topological polar surface area (TPSA) is 36.1 Å². The molecular weight excluding hydrogens is 226 g/mol. The zero-order valence-electron chi connectivity index (χ0n) is 11.3. The lowest BCUT2D eigenvalue weighted by Crippen LogP contribution is -2.35. The Hall–Kier alpha value is -2.04. The van der Waals surface area contributed by atoms with Crippen molar-refractivity contribution < 1.29 is 0 Å². The Morgan fingerprint density at radius 1 is 1.22 bits per heavy atom. The monoisotopic (exact) mass is 245 g/mol. The molecule has 0 aliphatic carbocycles. The van der Waals surface area contributed by atoms with Gasteiger partial charge in [-0.3, -0.25) is 0 Å². The minimum Gasteiger partial charge on any atom is -0.349 e. The molecule has 0 spiro atoms. The molecule has 0 N–H and O–H groups in total. The molecule has 18 heavy (non-hydrogen) atoms. The fourth-order valence-electron chi connectivity index (χ4n) is 1.95. The van der Waals surface area contributed by atoms with E-state index in [0.717, 1.165) is 17.0 Å². The summed E-state index contributed by atoms with van der Waals surface area (Å²) < 4.78 is 1.87. The highest BCUT2D eigenvalue weighted by atomic mass is 15.3. The lowest BCUT2D eigenvalue weighted by atomic mass is 10.2.